The van der Waals surface area contributed by atoms with E-state index in [1.807, 2.05) is 0 Å². The van der Waals surface area contributed by atoms with E-state index in [0.717, 1.165) is 5.92 Å². The normalized spacial score (nSPS) is 37.6. The maximum Gasteiger partial charge on any atom is 0.0724 e. The van der Waals surface area contributed by atoms with Crippen LogP contribution in [0.25, 0.3) is 0 Å². The fourth-order valence-corrected chi connectivity index (χ4v) is 3.71. The SMILES string of the molecule is Cc1[nH]nc2c1[C@@H]1CC[C@@]2(C)C1(C)C. The van der Waals surface area contributed by atoms with Crippen LogP contribution in [0.4, 0.5) is 0 Å². The number of aromatic nitrogens is 2. The van der Waals surface area contributed by atoms with Gasteiger partial charge in [-0.3, -0.25) is 5.10 Å². The summed E-state index contributed by atoms with van der Waals surface area (Å²) in [5.41, 5.74) is 4.91. The van der Waals surface area contributed by atoms with Crippen LogP contribution in [-0.2, 0) is 5.41 Å². The van der Waals surface area contributed by atoms with Gasteiger partial charge in [-0.25, -0.2) is 0 Å². The summed E-state index contributed by atoms with van der Waals surface area (Å²) in [5.74, 6) is 0.737. The van der Waals surface area contributed by atoms with Crippen molar-refractivity contribution in [3.8, 4) is 0 Å². The highest BCUT2D eigenvalue weighted by atomic mass is 15.1. The molecule has 2 heteroatoms. The Kier molecular flexibility index (Phi) is 1.26. The minimum Gasteiger partial charge on any atom is -0.282 e. The molecule has 2 aliphatic rings. The molecule has 1 N–H and O–H groups in total. The zero-order valence-electron chi connectivity index (χ0n) is 9.44. The Morgan fingerprint density at radius 1 is 1.36 bits per heavy atom. The van der Waals surface area contributed by atoms with Crippen LogP contribution in [0.15, 0.2) is 0 Å². The molecule has 2 nitrogen and oxygen atoms in total. The van der Waals surface area contributed by atoms with Crippen LogP contribution in [0.5, 0.6) is 0 Å². The number of H-pyrrole nitrogens is 1. The number of fused-ring (bicyclic) bond motifs is 5. The second-order valence-corrected chi connectivity index (χ2v) is 5.76. The minimum atomic E-state index is 0.317. The third kappa shape index (κ3) is 0.626. The van der Waals surface area contributed by atoms with Crippen molar-refractivity contribution in [3.63, 3.8) is 0 Å². The second-order valence-electron chi connectivity index (χ2n) is 5.76. The minimum absolute atomic E-state index is 0.317. The van der Waals surface area contributed by atoms with E-state index in [1.165, 1.54) is 29.8 Å². The van der Waals surface area contributed by atoms with E-state index < -0.39 is 0 Å². The fourth-order valence-electron chi connectivity index (χ4n) is 3.71. The van der Waals surface area contributed by atoms with Gasteiger partial charge in [-0.05, 0) is 31.1 Å². The zero-order valence-corrected chi connectivity index (χ0v) is 9.44. The fraction of sp³-hybridized carbons (Fsp3) is 0.750. The molecule has 76 valence electrons. The monoisotopic (exact) mass is 190 g/mol. The van der Waals surface area contributed by atoms with Crippen LogP contribution in [-0.4, -0.2) is 10.2 Å². The molecule has 2 bridgehead atoms. The predicted octanol–water partition coefficient (Wildman–Crippen LogP) is 2.89. The first-order valence-electron chi connectivity index (χ1n) is 5.54. The highest BCUT2D eigenvalue weighted by Crippen LogP contribution is 2.67. The Bertz CT molecular complexity index is 402. The van der Waals surface area contributed by atoms with Crippen molar-refractivity contribution >= 4 is 0 Å². The molecule has 2 atom stereocenters. The van der Waals surface area contributed by atoms with Gasteiger partial charge in [0.15, 0.2) is 0 Å². The van der Waals surface area contributed by atoms with Crippen LogP contribution in [0.1, 0.15) is 56.5 Å². The molecule has 1 heterocycles. The summed E-state index contributed by atoms with van der Waals surface area (Å²) in [4.78, 5) is 0. The second kappa shape index (κ2) is 2.07. The molecule has 0 radical (unpaired) electrons. The van der Waals surface area contributed by atoms with E-state index in [4.69, 9.17) is 0 Å². The van der Waals surface area contributed by atoms with Gasteiger partial charge in [0.2, 0.25) is 0 Å². The summed E-state index contributed by atoms with van der Waals surface area (Å²) in [5, 5.41) is 7.67. The number of aryl methyl sites for hydroxylation is 1. The predicted molar refractivity (Wildman–Crippen MR) is 56.4 cm³/mol. The molecule has 2 aliphatic carbocycles. The molecule has 0 unspecified atom stereocenters. The van der Waals surface area contributed by atoms with E-state index in [-0.39, 0.29) is 0 Å². The molecule has 3 rings (SSSR count). The van der Waals surface area contributed by atoms with Gasteiger partial charge in [-0.15, -0.1) is 0 Å². The summed E-state index contributed by atoms with van der Waals surface area (Å²) in [6.45, 7) is 9.36. The molecule has 0 aromatic carbocycles. The van der Waals surface area contributed by atoms with Gasteiger partial charge < -0.3 is 0 Å². The molecule has 14 heavy (non-hydrogen) atoms. The molecule has 0 aliphatic heterocycles. The van der Waals surface area contributed by atoms with Gasteiger partial charge in [-0.1, -0.05) is 20.8 Å². The van der Waals surface area contributed by atoms with Gasteiger partial charge in [0.25, 0.3) is 0 Å². The molecular formula is C12H18N2. The van der Waals surface area contributed by atoms with E-state index in [9.17, 15) is 0 Å². The lowest BCUT2D eigenvalue weighted by Gasteiger charge is -2.34. The third-order valence-corrected chi connectivity index (χ3v) is 5.09. The first kappa shape index (κ1) is 8.51. The van der Waals surface area contributed by atoms with Crippen LogP contribution < -0.4 is 0 Å². The van der Waals surface area contributed by atoms with E-state index in [0.29, 0.717) is 10.8 Å². The lowest BCUT2D eigenvalue weighted by molar-refractivity contribution is 0.225. The van der Waals surface area contributed by atoms with Gasteiger partial charge in [0.05, 0.1) is 5.69 Å². The first-order chi connectivity index (χ1) is 6.48. The van der Waals surface area contributed by atoms with Crippen molar-refractivity contribution in [2.75, 3.05) is 0 Å². The van der Waals surface area contributed by atoms with Crippen molar-refractivity contribution in [2.45, 2.75) is 51.9 Å². The quantitative estimate of drug-likeness (QED) is 0.669. The van der Waals surface area contributed by atoms with Crippen molar-refractivity contribution in [3.05, 3.63) is 17.0 Å². The summed E-state index contributed by atoms with van der Waals surface area (Å²) >= 11 is 0. The van der Waals surface area contributed by atoms with Gasteiger partial charge in [0, 0.05) is 16.7 Å². The maximum absolute atomic E-state index is 4.52. The van der Waals surface area contributed by atoms with Crippen molar-refractivity contribution in [1.82, 2.24) is 10.2 Å². The Morgan fingerprint density at radius 2 is 2.07 bits per heavy atom. The molecule has 0 saturated heterocycles. The average molecular weight is 190 g/mol. The lowest BCUT2D eigenvalue weighted by Crippen LogP contribution is -2.32. The standard InChI is InChI=1S/C12H18N2/c1-7-9-8-5-6-12(4,11(8,2)3)10(9)14-13-7/h8H,5-6H2,1-4H3,(H,13,14)/t8-,12+/m0/s1. The number of hydrogen-bond acceptors (Lipinski definition) is 1. The Morgan fingerprint density at radius 3 is 2.71 bits per heavy atom. The molecule has 0 spiro atoms. The Labute approximate surface area is 85.1 Å². The van der Waals surface area contributed by atoms with Crippen LogP contribution in [0.2, 0.25) is 0 Å². The number of aromatic amines is 1. The molecule has 1 aromatic heterocycles. The third-order valence-electron chi connectivity index (χ3n) is 5.09. The van der Waals surface area contributed by atoms with Gasteiger partial charge in [0.1, 0.15) is 0 Å². The number of hydrogen-bond donors (Lipinski definition) is 1. The first-order valence-corrected chi connectivity index (χ1v) is 5.54. The maximum atomic E-state index is 4.52. The Hall–Kier alpha value is -0.790. The summed E-state index contributed by atoms with van der Waals surface area (Å²) in [7, 11) is 0. The van der Waals surface area contributed by atoms with E-state index in [2.05, 4.69) is 37.9 Å². The van der Waals surface area contributed by atoms with Crippen LogP contribution in [0.3, 0.4) is 0 Å². The molecule has 1 aromatic rings. The lowest BCUT2D eigenvalue weighted by atomic mass is 9.70. The topological polar surface area (TPSA) is 28.7 Å². The number of nitrogens with zero attached hydrogens (tertiary/aromatic N) is 1. The van der Waals surface area contributed by atoms with Crippen LogP contribution >= 0.6 is 0 Å². The van der Waals surface area contributed by atoms with Crippen molar-refractivity contribution in [1.29, 1.82) is 0 Å². The van der Waals surface area contributed by atoms with Crippen molar-refractivity contribution in [2.24, 2.45) is 5.41 Å². The van der Waals surface area contributed by atoms with Crippen LogP contribution in [0, 0.1) is 12.3 Å². The largest absolute Gasteiger partial charge is 0.282 e. The number of rotatable bonds is 0. The Balaban J connectivity index is 2.31. The zero-order chi connectivity index (χ0) is 10.1. The van der Waals surface area contributed by atoms with E-state index >= 15 is 0 Å². The summed E-state index contributed by atoms with van der Waals surface area (Å²) in [6.07, 6.45) is 2.65. The molecule has 0 amide bonds. The number of nitrogens with one attached hydrogen (secondary N) is 1. The van der Waals surface area contributed by atoms with Gasteiger partial charge >= 0.3 is 0 Å². The molecule has 1 fully saturated rings. The highest BCUT2D eigenvalue weighted by molar-refractivity contribution is 5.47. The van der Waals surface area contributed by atoms with Crippen molar-refractivity contribution < 1.29 is 0 Å². The average Bonchev–Trinajstić information content (AvgIpc) is 2.63. The summed E-state index contributed by atoms with van der Waals surface area (Å²) < 4.78 is 0. The van der Waals surface area contributed by atoms with Gasteiger partial charge in [-0.2, -0.15) is 5.10 Å². The molecular weight excluding hydrogens is 172 g/mol. The highest BCUT2D eigenvalue weighted by Gasteiger charge is 2.61. The smallest absolute Gasteiger partial charge is 0.0724 e. The molecule has 1 saturated carbocycles. The summed E-state index contributed by atoms with van der Waals surface area (Å²) in [6, 6.07) is 0. The van der Waals surface area contributed by atoms with E-state index in [1.54, 1.807) is 0 Å².